The van der Waals surface area contributed by atoms with Crippen LogP contribution in [-0.4, -0.2) is 34.8 Å². The zero-order chi connectivity index (χ0) is 10.8. The molecule has 15 heavy (non-hydrogen) atoms. The van der Waals surface area contributed by atoms with Crippen molar-refractivity contribution >= 4 is 11.6 Å². The number of aromatic nitrogens is 2. The molecule has 0 aliphatic heterocycles. The first-order chi connectivity index (χ1) is 7.15. The van der Waals surface area contributed by atoms with Crippen molar-refractivity contribution in [2.75, 3.05) is 24.2 Å². The number of nitrogens with two attached hydrogens (primary N) is 1. The fraction of sp³-hybridized carbons (Fsp3) is 0.600. The van der Waals surface area contributed by atoms with Gasteiger partial charge >= 0.3 is 0 Å². The van der Waals surface area contributed by atoms with Crippen LogP contribution in [0.2, 0.25) is 0 Å². The van der Waals surface area contributed by atoms with E-state index in [0.29, 0.717) is 11.7 Å². The highest BCUT2D eigenvalue weighted by molar-refractivity contribution is 5.40. The SMILES string of the molecule is CN(CC1CC(O)C1)c1cncc(N)n1. The lowest BCUT2D eigenvalue weighted by atomic mass is 9.82. The Kier molecular flexibility index (Phi) is 2.73. The first kappa shape index (κ1) is 10.2. The molecule has 0 saturated heterocycles. The van der Waals surface area contributed by atoms with Crippen molar-refractivity contribution in [2.24, 2.45) is 5.92 Å². The number of nitrogen functional groups attached to an aromatic ring is 1. The van der Waals surface area contributed by atoms with Crippen LogP contribution in [0.5, 0.6) is 0 Å². The molecular weight excluding hydrogens is 192 g/mol. The normalized spacial score (nSPS) is 24.7. The number of hydrogen-bond acceptors (Lipinski definition) is 5. The lowest BCUT2D eigenvalue weighted by Gasteiger charge is -2.34. The van der Waals surface area contributed by atoms with Crippen molar-refractivity contribution in [3.63, 3.8) is 0 Å². The van der Waals surface area contributed by atoms with Crippen LogP contribution in [-0.2, 0) is 0 Å². The summed E-state index contributed by atoms with van der Waals surface area (Å²) in [4.78, 5) is 10.2. The molecule has 0 bridgehead atoms. The van der Waals surface area contributed by atoms with Crippen molar-refractivity contribution in [1.29, 1.82) is 0 Å². The second-order valence-electron chi connectivity index (χ2n) is 4.17. The summed E-state index contributed by atoms with van der Waals surface area (Å²) < 4.78 is 0. The fourth-order valence-electron chi connectivity index (χ4n) is 1.88. The number of hydrogen-bond donors (Lipinski definition) is 2. The monoisotopic (exact) mass is 208 g/mol. The zero-order valence-corrected chi connectivity index (χ0v) is 8.80. The molecule has 3 N–H and O–H groups in total. The Hall–Kier alpha value is -1.36. The Labute approximate surface area is 88.9 Å². The van der Waals surface area contributed by atoms with Crippen LogP contribution in [0, 0.1) is 5.92 Å². The third-order valence-corrected chi connectivity index (χ3v) is 2.77. The van der Waals surface area contributed by atoms with Gasteiger partial charge in [-0.1, -0.05) is 0 Å². The maximum Gasteiger partial charge on any atom is 0.149 e. The van der Waals surface area contributed by atoms with Gasteiger partial charge in [0.1, 0.15) is 11.6 Å². The van der Waals surface area contributed by atoms with Crippen molar-refractivity contribution < 1.29 is 5.11 Å². The quantitative estimate of drug-likeness (QED) is 0.745. The molecule has 0 spiro atoms. The minimum atomic E-state index is -0.102. The number of aliphatic hydroxyl groups excluding tert-OH is 1. The predicted octanol–water partition coefficient (Wildman–Crippen LogP) is 0.266. The van der Waals surface area contributed by atoms with E-state index in [9.17, 15) is 5.11 Å². The summed E-state index contributed by atoms with van der Waals surface area (Å²) >= 11 is 0. The maximum atomic E-state index is 9.18. The average molecular weight is 208 g/mol. The van der Waals surface area contributed by atoms with Gasteiger partial charge in [-0.2, -0.15) is 0 Å². The molecule has 1 aliphatic rings. The summed E-state index contributed by atoms with van der Waals surface area (Å²) in [5.41, 5.74) is 5.56. The van der Waals surface area contributed by atoms with Gasteiger partial charge in [-0.15, -0.1) is 0 Å². The highest BCUT2D eigenvalue weighted by atomic mass is 16.3. The smallest absolute Gasteiger partial charge is 0.149 e. The maximum absolute atomic E-state index is 9.18. The minimum Gasteiger partial charge on any atom is -0.393 e. The molecular formula is C10H16N4O. The number of rotatable bonds is 3. The summed E-state index contributed by atoms with van der Waals surface area (Å²) in [6.45, 7) is 0.898. The van der Waals surface area contributed by atoms with Crippen molar-refractivity contribution in [1.82, 2.24) is 9.97 Å². The molecule has 1 aromatic heterocycles. The second-order valence-corrected chi connectivity index (χ2v) is 4.17. The Balaban J connectivity index is 1.93. The van der Waals surface area contributed by atoms with E-state index in [2.05, 4.69) is 9.97 Å². The van der Waals surface area contributed by atoms with E-state index in [-0.39, 0.29) is 6.10 Å². The molecule has 0 amide bonds. The van der Waals surface area contributed by atoms with Crippen molar-refractivity contribution in [2.45, 2.75) is 18.9 Å². The molecule has 1 fully saturated rings. The first-order valence-corrected chi connectivity index (χ1v) is 5.12. The largest absolute Gasteiger partial charge is 0.393 e. The molecule has 82 valence electrons. The van der Waals surface area contributed by atoms with Gasteiger partial charge in [0.05, 0.1) is 18.5 Å². The van der Waals surface area contributed by atoms with Crippen molar-refractivity contribution in [3.05, 3.63) is 12.4 Å². The van der Waals surface area contributed by atoms with Gasteiger partial charge in [-0.05, 0) is 18.8 Å². The van der Waals surface area contributed by atoms with Gasteiger partial charge in [0.15, 0.2) is 0 Å². The van der Waals surface area contributed by atoms with Crippen LogP contribution < -0.4 is 10.6 Å². The van der Waals surface area contributed by atoms with E-state index in [0.717, 1.165) is 25.2 Å². The summed E-state index contributed by atoms with van der Waals surface area (Å²) in [5.74, 6) is 1.79. The average Bonchev–Trinajstić information content (AvgIpc) is 2.15. The minimum absolute atomic E-state index is 0.102. The predicted molar refractivity (Wildman–Crippen MR) is 58.4 cm³/mol. The van der Waals surface area contributed by atoms with Crippen LogP contribution >= 0.6 is 0 Å². The van der Waals surface area contributed by atoms with Crippen LogP contribution in [0.1, 0.15) is 12.8 Å². The van der Waals surface area contributed by atoms with Gasteiger partial charge in [0.25, 0.3) is 0 Å². The van der Waals surface area contributed by atoms with Crippen molar-refractivity contribution in [3.8, 4) is 0 Å². The summed E-state index contributed by atoms with van der Waals surface area (Å²) in [6.07, 6.45) is 4.91. The number of aliphatic hydroxyl groups is 1. The molecule has 1 heterocycles. The highest BCUT2D eigenvalue weighted by Gasteiger charge is 2.28. The van der Waals surface area contributed by atoms with E-state index in [1.807, 2.05) is 11.9 Å². The van der Waals surface area contributed by atoms with Gasteiger partial charge in [0.2, 0.25) is 0 Å². The molecule has 5 nitrogen and oxygen atoms in total. The molecule has 1 saturated carbocycles. The lowest BCUT2D eigenvalue weighted by Crippen LogP contribution is -2.37. The number of anilines is 2. The van der Waals surface area contributed by atoms with Gasteiger partial charge in [-0.25, -0.2) is 4.98 Å². The molecule has 1 aliphatic carbocycles. The Morgan fingerprint density at radius 1 is 1.53 bits per heavy atom. The van der Waals surface area contributed by atoms with E-state index in [1.165, 1.54) is 6.20 Å². The molecule has 0 unspecified atom stereocenters. The fourth-order valence-corrected chi connectivity index (χ4v) is 1.88. The number of nitrogens with zero attached hydrogens (tertiary/aromatic N) is 3. The van der Waals surface area contributed by atoms with Crippen LogP contribution in [0.25, 0.3) is 0 Å². The Morgan fingerprint density at radius 3 is 2.87 bits per heavy atom. The molecule has 0 atom stereocenters. The second kappa shape index (κ2) is 4.02. The van der Waals surface area contributed by atoms with Crippen LogP contribution in [0.4, 0.5) is 11.6 Å². The first-order valence-electron chi connectivity index (χ1n) is 5.12. The highest BCUT2D eigenvalue weighted by Crippen LogP contribution is 2.28. The Bertz CT molecular complexity index is 338. The Morgan fingerprint density at radius 2 is 2.27 bits per heavy atom. The van der Waals surface area contributed by atoms with Gasteiger partial charge < -0.3 is 15.7 Å². The third kappa shape index (κ3) is 2.36. The van der Waals surface area contributed by atoms with E-state index in [4.69, 9.17) is 5.73 Å². The van der Waals surface area contributed by atoms with E-state index < -0.39 is 0 Å². The molecule has 1 aromatic rings. The van der Waals surface area contributed by atoms with E-state index in [1.54, 1.807) is 6.20 Å². The summed E-state index contributed by atoms with van der Waals surface area (Å²) in [5, 5.41) is 9.18. The topological polar surface area (TPSA) is 75.3 Å². The third-order valence-electron chi connectivity index (χ3n) is 2.77. The standard InChI is InChI=1S/C10H16N4O/c1-14(6-7-2-8(15)3-7)10-5-12-4-9(11)13-10/h4-5,7-8,15H,2-3,6H2,1H3,(H2,11,13). The lowest BCUT2D eigenvalue weighted by molar-refractivity contribution is 0.0464. The zero-order valence-electron chi connectivity index (χ0n) is 8.80. The van der Waals surface area contributed by atoms with Gasteiger partial charge in [0, 0.05) is 13.6 Å². The molecule has 0 radical (unpaired) electrons. The molecule has 5 heteroatoms. The summed E-state index contributed by atoms with van der Waals surface area (Å²) in [6, 6.07) is 0. The molecule has 0 aromatic carbocycles. The molecule has 2 rings (SSSR count). The van der Waals surface area contributed by atoms with Gasteiger partial charge in [-0.3, -0.25) is 4.98 Å². The van der Waals surface area contributed by atoms with E-state index >= 15 is 0 Å². The van der Waals surface area contributed by atoms with Crippen LogP contribution in [0.3, 0.4) is 0 Å². The summed E-state index contributed by atoms with van der Waals surface area (Å²) in [7, 11) is 1.97. The van der Waals surface area contributed by atoms with Crippen LogP contribution in [0.15, 0.2) is 12.4 Å².